The predicted octanol–water partition coefficient (Wildman–Crippen LogP) is 4.71. The molecule has 0 aliphatic carbocycles. The summed E-state index contributed by atoms with van der Waals surface area (Å²) in [4.78, 5) is 12.7. The lowest BCUT2D eigenvalue weighted by Gasteiger charge is -2.32. The maximum atomic E-state index is 13.7. The van der Waals surface area contributed by atoms with Crippen LogP contribution in [0, 0.1) is 6.92 Å². The van der Waals surface area contributed by atoms with Crippen LogP contribution in [0.4, 0.5) is 24.7 Å². The minimum absolute atomic E-state index is 0.0987. The molecule has 2 aromatic heterocycles. The van der Waals surface area contributed by atoms with Crippen molar-refractivity contribution in [3.63, 3.8) is 0 Å². The third kappa shape index (κ3) is 3.72. The van der Waals surface area contributed by atoms with Crippen LogP contribution in [-0.4, -0.2) is 29.0 Å². The molecule has 1 amide bonds. The Balaban J connectivity index is 1.62. The molecule has 1 aliphatic rings. The Morgan fingerprint density at radius 3 is 2.77 bits per heavy atom. The van der Waals surface area contributed by atoms with Crippen molar-refractivity contribution in [1.29, 1.82) is 0 Å². The molecule has 3 aromatic rings. The zero-order valence-corrected chi connectivity index (χ0v) is 16.2. The first-order valence-corrected chi connectivity index (χ1v) is 9.18. The molecule has 2 atom stereocenters. The highest BCUT2D eigenvalue weighted by atomic mass is 19.4. The number of hydrogen-bond donors (Lipinski definition) is 2. The van der Waals surface area contributed by atoms with Crippen molar-refractivity contribution in [1.82, 2.24) is 9.78 Å². The first-order valence-electron chi connectivity index (χ1n) is 9.18. The molecular weight excluding hydrogens is 401 g/mol. The molecule has 0 saturated heterocycles. The fourth-order valence-corrected chi connectivity index (χ4v) is 3.45. The number of carbonyl (C=O) groups excluding carboxylic acids is 1. The van der Waals surface area contributed by atoms with Gasteiger partial charge in [-0.25, -0.2) is 4.68 Å². The zero-order valence-electron chi connectivity index (χ0n) is 16.2. The molecule has 0 radical (unpaired) electrons. The van der Waals surface area contributed by atoms with Crippen molar-refractivity contribution >= 4 is 17.4 Å². The summed E-state index contributed by atoms with van der Waals surface area (Å²) in [6.45, 7) is 1.78. The minimum atomic E-state index is -4.53. The van der Waals surface area contributed by atoms with Crippen molar-refractivity contribution < 1.29 is 27.1 Å². The average Bonchev–Trinajstić information content (AvgIpc) is 3.37. The van der Waals surface area contributed by atoms with Gasteiger partial charge in [0, 0.05) is 18.2 Å². The Labute approximate surface area is 169 Å². The van der Waals surface area contributed by atoms with E-state index < -0.39 is 24.2 Å². The standard InChI is InChI=1S/C20H19F3N4O3/c1-11-8-12(29-2)5-6-13(11)25-19(28)15-10-18-24-14(16-4-3-7-30-16)9-17(20(21,22)23)27(18)26-15/h3-8,10,14,17,24H,9H2,1-2H3,(H,25,28). The predicted molar refractivity (Wildman–Crippen MR) is 103 cm³/mol. The molecule has 0 spiro atoms. The first kappa shape index (κ1) is 19.9. The summed E-state index contributed by atoms with van der Waals surface area (Å²) in [7, 11) is 1.53. The number of carbonyl (C=O) groups is 1. The van der Waals surface area contributed by atoms with Crippen molar-refractivity contribution in [3.05, 3.63) is 59.7 Å². The van der Waals surface area contributed by atoms with Crippen LogP contribution in [0.1, 0.15) is 40.3 Å². The number of anilines is 2. The van der Waals surface area contributed by atoms with E-state index >= 15 is 0 Å². The van der Waals surface area contributed by atoms with Gasteiger partial charge in [-0.15, -0.1) is 0 Å². The summed E-state index contributed by atoms with van der Waals surface area (Å²) in [5.41, 5.74) is 1.14. The zero-order chi connectivity index (χ0) is 21.5. The van der Waals surface area contributed by atoms with Crippen molar-refractivity contribution in [2.24, 2.45) is 0 Å². The minimum Gasteiger partial charge on any atom is -0.497 e. The Kier molecular flexibility index (Phi) is 4.92. The van der Waals surface area contributed by atoms with Gasteiger partial charge < -0.3 is 19.8 Å². The summed E-state index contributed by atoms with van der Waals surface area (Å²) in [6.07, 6.45) is -3.43. The number of aromatic nitrogens is 2. The third-order valence-electron chi connectivity index (χ3n) is 4.99. The lowest BCUT2D eigenvalue weighted by Crippen LogP contribution is -2.35. The van der Waals surface area contributed by atoms with Crippen LogP contribution in [0.25, 0.3) is 0 Å². The number of amides is 1. The largest absolute Gasteiger partial charge is 0.497 e. The molecule has 30 heavy (non-hydrogen) atoms. The van der Waals surface area contributed by atoms with Crippen LogP contribution < -0.4 is 15.4 Å². The summed E-state index contributed by atoms with van der Waals surface area (Å²) in [5.74, 6) is 0.504. The molecule has 158 valence electrons. The molecule has 1 aromatic carbocycles. The lowest BCUT2D eigenvalue weighted by atomic mass is 10.0. The van der Waals surface area contributed by atoms with E-state index in [4.69, 9.17) is 9.15 Å². The smallest absolute Gasteiger partial charge is 0.410 e. The van der Waals surface area contributed by atoms with Gasteiger partial charge in [-0.2, -0.15) is 18.3 Å². The summed E-state index contributed by atoms with van der Waals surface area (Å²) in [6, 6.07) is 7.04. The highest BCUT2D eigenvalue weighted by Crippen LogP contribution is 2.43. The van der Waals surface area contributed by atoms with Gasteiger partial charge in [0.25, 0.3) is 5.91 Å². The van der Waals surface area contributed by atoms with Crippen molar-refractivity contribution in [2.75, 3.05) is 17.7 Å². The number of benzene rings is 1. The van der Waals surface area contributed by atoms with Crippen LogP contribution in [0.15, 0.2) is 47.1 Å². The van der Waals surface area contributed by atoms with E-state index in [-0.39, 0.29) is 17.9 Å². The molecule has 2 N–H and O–H groups in total. The lowest BCUT2D eigenvalue weighted by molar-refractivity contribution is -0.174. The van der Waals surface area contributed by atoms with Gasteiger partial charge >= 0.3 is 6.18 Å². The Morgan fingerprint density at radius 2 is 2.13 bits per heavy atom. The molecule has 1 aliphatic heterocycles. The normalized spacial score (nSPS) is 18.4. The molecule has 10 heteroatoms. The maximum absolute atomic E-state index is 13.7. The van der Waals surface area contributed by atoms with Gasteiger partial charge in [0.05, 0.1) is 19.4 Å². The second-order valence-corrected chi connectivity index (χ2v) is 7.00. The van der Waals surface area contributed by atoms with E-state index in [9.17, 15) is 18.0 Å². The second-order valence-electron chi connectivity index (χ2n) is 7.00. The van der Waals surface area contributed by atoms with Gasteiger partial charge in [-0.1, -0.05) is 0 Å². The van der Waals surface area contributed by atoms with E-state index in [2.05, 4.69) is 15.7 Å². The number of furan rings is 1. The van der Waals surface area contributed by atoms with Gasteiger partial charge in [0.1, 0.15) is 17.3 Å². The molecule has 0 saturated carbocycles. The molecule has 3 heterocycles. The van der Waals surface area contributed by atoms with Crippen LogP contribution in [0.5, 0.6) is 5.75 Å². The number of aryl methyl sites for hydroxylation is 1. The summed E-state index contributed by atoms with van der Waals surface area (Å²) in [5, 5.41) is 9.60. The van der Waals surface area contributed by atoms with Gasteiger partial charge in [0.2, 0.25) is 0 Å². The molecular formula is C20H19F3N4O3. The molecule has 4 rings (SSSR count). The number of methoxy groups -OCH3 is 1. The summed E-state index contributed by atoms with van der Waals surface area (Å²) < 4.78 is 52.3. The fraction of sp³-hybridized carbons (Fsp3) is 0.300. The second kappa shape index (κ2) is 7.43. The fourth-order valence-electron chi connectivity index (χ4n) is 3.45. The number of ether oxygens (including phenoxy) is 1. The van der Waals surface area contributed by atoms with Crippen LogP contribution in [0.3, 0.4) is 0 Å². The van der Waals surface area contributed by atoms with Gasteiger partial charge in [-0.3, -0.25) is 4.79 Å². The number of nitrogens with one attached hydrogen (secondary N) is 2. The molecule has 7 nitrogen and oxygen atoms in total. The van der Waals surface area contributed by atoms with E-state index in [1.54, 1.807) is 37.3 Å². The average molecular weight is 420 g/mol. The summed E-state index contributed by atoms with van der Waals surface area (Å²) >= 11 is 0. The Morgan fingerprint density at radius 1 is 1.33 bits per heavy atom. The van der Waals surface area contributed by atoms with E-state index in [0.717, 1.165) is 10.2 Å². The number of rotatable bonds is 4. The quantitative estimate of drug-likeness (QED) is 0.639. The first-order chi connectivity index (χ1) is 14.3. The maximum Gasteiger partial charge on any atom is 0.410 e. The topological polar surface area (TPSA) is 81.3 Å². The van der Waals surface area contributed by atoms with Crippen molar-refractivity contribution in [2.45, 2.75) is 31.6 Å². The van der Waals surface area contributed by atoms with Gasteiger partial charge in [0.15, 0.2) is 11.7 Å². The number of halogens is 3. The van der Waals surface area contributed by atoms with E-state index in [1.807, 2.05) is 0 Å². The third-order valence-corrected chi connectivity index (χ3v) is 4.99. The SMILES string of the molecule is COc1ccc(NC(=O)c2cc3n(n2)C(C(F)(F)F)CC(c2ccco2)N3)c(C)c1. The molecule has 0 fully saturated rings. The monoisotopic (exact) mass is 420 g/mol. The number of alkyl halides is 3. The van der Waals surface area contributed by atoms with Crippen LogP contribution in [-0.2, 0) is 0 Å². The highest BCUT2D eigenvalue weighted by Gasteiger charge is 2.47. The number of hydrogen-bond acceptors (Lipinski definition) is 5. The Bertz CT molecular complexity index is 1060. The number of fused-ring (bicyclic) bond motifs is 1. The molecule has 2 unspecified atom stereocenters. The van der Waals surface area contributed by atoms with Crippen LogP contribution in [0.2, 0.25) is 0 Å². The van der Waals surface area contributed by atoms with E-state index in [1.165, 1.54) is 19.4 Å². The van der Waals surface area contributed by atoms with Gasteiger partial charge in [-0.05, 0) is 42.8 Å². The molecule has 0 bridgehead atoms. The number of nitrogens with zero attached hydrogens (tertiary/aromatic N) is 2. The van der Waals surface area contributed by atoms with E-state index in [0.29, 0.717) is 17.2 Å². The highest BCUT2D eigenvalue weighted by molar-refractivity contribution is 6.03. The van der Waals surface area contributed by atoms with Crippen LogP contribution >= 0.6 is 0 Å². The van der Waals surface area contributed by atoms with Crippen molar-refractivity contribution in [3.8, 4) is 5.75 Å². The Hall–Kier alpha value is -3.43.